The third-order valence-corrected chi connectivity index (χ3v) is 4.40. The predicted molar refractivity (Wildman–Crippen MR) is 104 cm³/mol. The number of hydrogen-bond donors (Lipinski definition) is 0. The summed E-state index contributed by atoms with van der Waals surface area (Å²) < 4.78 is 15.8. The largest absolute Gasteiger partial charge is 0.493 e. The fourth-order valence-corrected chi connectivity index (χ4v) is 2.81. The van der Waals surface area contributed by atoms with Crippen LogP contribution in [-0.4, -0.2) is 32.1 Å². The summed E-state index contributed by atoms with van der Waals surface area (Å²) in [6.45, 7) is 5.41. The first kappa shape index (κ1) is 20.5. The quantitative estimate of drug-likeness (QED) is 0.518. The zero-order valence-corrected chi connectivity index (χ0v) is 16.5. The van der Waals surface area contributed by atoms with Crippen molar-refractivity contribution in [2.45, 2.75) is 39.7 Å². The van der Waals surface area contributed by atoms with Crippen molar-refractivity contribution in [1.82, 2.24) is 0 Å². The molecule has 0 spiro atoms. The van der Waals surface area contributed by atoms with Gasteiger partial charge in [0.1, 0.15) is 0 Å². The molecule has 0 aliphatic rings. The van der Waals surface area contributed by atoms with Crippen molar-refractivity contribution in [3.8, 4) is 11.5 Å². The molecule has 0 fully saturated rings. The average Bonchev–Trinajstić information content (AvgIpc) is 2.67. The number of carbonyl (C=O) groups is 2. The van der Waals surface area contributed by atoms with Crippen molar-refractivity contribution in [3.05, 3.63) is 58.7 Å². The molecule has 0 saturated heterocycles. The molecule has 2 aromatic carbocycles. The molecular formula is C22H26O5. The van der Waals surface area contributed by atoms with Crippen LogP contribution < -0.4 is 9.47 Å². The van der Waals surface area contributed by atoms with E-state index in [1.54, 1.807) is 27.2 Å². The lowest BCUT2D eigenvalue weighted by molar-refractivity contribution is -0.146. The number of ether oxygens (including phenoxy) is 3. The molecule has 0 bridgehead atoms. The van der Waals surface area contributed by atoms with Crippen molar-refractivity contribution < 1.29 is 23.8 Å². The lowest BCUT2D eigenvalue weighted by atomic mass is 9.99. The molecule has 0 amide bonds. The zero-order valence-electron chi connectivity index (χ0n) is 16.5. The van der Waals surface area contributed by atoms with E-state index < -0.39 is 12.1 Å². The van der Waals surface area contributed by atoms with Crippen LogP contribution in [0.2, 0.25) is 0 Å². The van der Waals surface area contributed by atoms with Crippen LogP contribution in [0.3, 0.4) is 0 Å². The highest BCUT2D eigenvalue weighted by Gasteiger charge is 2.21. The van der Waals surface area contributed by atoms with Gasteiger partial charge in [0.25, 0.3) is 0 Å². The van der Waals surface area contributed by atoms with Gasteiger partial charge in [-0.3, -0.25) is 9.59 Å². The Morgan fingerprint density at radius 1 is 0.963 bits per heavy atom. The minimum Gasteiger partial charge on any atom is -0.493 e. The van der Waals surface area contributed by atoms with Crippen LogP contribution in [0.1, 0.15) is 40.4 Å². The summed E-state index contributed by atoms with van der Waals surface area (Å²) in [6, 6.07) is 11.2. The molecule has 0 radical (unpaired) electrons. The van der Waals surface area contributed by atoms with Crippen LogP contribution in [0.15, 0.2) is 36.4 Å². The number of ketones is 1. The second-order valence-corrected chi connectivity index (χ2v) is 6.50. The molecule has 0 unspecified atom stereocenters. The molecule has 0 aliphatic carbocycles. The first-order valence-corrected chi connectivity index (χ1v) is 8.87. The highest BCUT2D eigenvalue weighted by atomic mass is 16.5. The third kappa shape index (κ3) is 5.33. The van der Waals surface area contributed by atoms with Gasteiger partial charge in [0.2, 0.25) is 5.78 Å². The summed E-state index contributed by atoms with van der Waals surface area (Å²) in [7, 11) is 3.14. The number of methoxy groups -OCH3 is 2. The minimum absolute atomic E-state index is 0.180. The van der Waals surface area contributed by atoms with Crippen molar-refractivity contribution in [2.75, 3.05) is 14.2 Å². The van der Waals surface area contributed by atoms with Crippen molar-refractivity contribution in [3.63, 3.8) is 0 Å². The molecule has 0 heterocycles. The molecule has 2 rings (SSSR count). The number of benzene rings is 2. The average molecular weight is 370 g/mol. The number of aryl methyl sites for hydroxylation is 3. The van der Waals surface area contributed by atoms with E-state index in [0.717, 1.165) is 16.7 Å². The Kier molecular flexibility index (Phi) is 6.99. The van der Waals surface area contributed by atoms with Gasteiger partial charge in [0.15, 0.2) is 17.6 Å². The molecule has 0 aromatic heterocycles. The molecule has 0 N–H and O–H groups in total. The maximum absolute atomic E-state index is 12.6. The van der Waals surface area contributed by atoms with Gasteiger partial charge in [-0.05, 0) is 56.5 Å². The number of carbonyl (C=O) groups excluding carboxylic acids is 2. The molecule has 2 aromatic rings. The van der Waals surface area contributed by atoms with Gasteiger partial charge in [-0.15, -0.1) is 0 Å². The maximum atomic E-state index is 12.6. The summed E-state index contributed by atoms with van der Waals surface area (Å²) in [5.41, 5.74) is 3.39. The number of esters is 1. The molecule has 0 saturated carbocycles. The Morgan fingerprint density at radius 2 is 1.67 bits per heavy atom. The summed E-state index contributed by atoms with van der Waals surface area (Å²) in [6.07, 6.45) is -0.146. The molecule has 144 valence electrons. The Labute approximate surface area is 160 Å². The molecule has 27 heavy (non-hydrogen) atoms. The van der Waals surface area contributed by atoms with E-state index in [0.29, 0.717) is 23.5 Å². The van der Waals surface area contributed by atoms with E-state index in [2.05, 4.69) is 0 Å². The van der Waals surface area contributed by atoms with E-state index in [-0.39, 0.29) is 12.2 Å². The summed E-state index contributed by atoms with van der Waals surface area (Å²) >= 11 is 0. The molecule has 1 atom stereocenters. The lowest BCUT2D eigenvalue weighted by Crippen LogP contribution is -2.25. The van der Waals surface area contributed by atoms with Gasteiger partial charge in [-0.2, -0.15) is 0 Å². The summed E-state index contributed by atoms with van der Waals surface area (Å²) in [5.74, 6) is 0.657. The van der Waals surface area contributed by atoms with E-state index in [1.165, 1.54) is 0 Å². The van der Waals surface area contributed by atoms with E-state index in [1.807, 2.05) is 44.2 Å². The van der Waals surface area contributed by atoms with Crippen molar-refractivity contribution in [2.24, 2.45) is 0 Å². The first-order chi connectivity index (χ1) is 12.8. The normalized spacial score (nSPS) is 11.6. The summed E-state index contributed by atoms with van der Waals surface area (Å²) in [5, 5.41) is 0. The monoisotopic (exact) mass is 370 g/mol. The van der Waals surface area contributed by atoms with Gasteiger partial charge in [-0.25, -0.2) is 0 Å². The van der Waals surface area contributed by atoms with Gasteiger partial charge >= 0.3 is 5.97 Å². The Balaban J connectivity index is 1.95. The topological polar surface area (TPSA) is 61.8 Å². The van der Waals surface area contributed by atoms with Gasteiger partial charge < -0.3 is 14.2 Å². The van der Waals surface area contributed by atoms with Crippen molar-refractivity contribution in [1.29, 1.82) is 0 Å². The molecule has 0 aliphatic heterocycles. The second-order valence-electron chi connectivity index (χ2n) is 6.50. The van der Waals surface area contributed by atoms with Crippen molar-refractivity contribution >= 4 is 11.8 Å². The zero-order chi connectivity index (χ0) is 20.0. The molecule has 5 heteroatoms. The van der Waals surface area contributed by atoms with Crippen LogP contribution in [0.5, 0.6) is 11.5 Å². The standard InChI is InChI=1S/C22H26O5/c1-14-6-7-15(2)18(12-14)22(24)16(3)27-21(23)11-9-17-8-10-19(25-4)20(13-17)26-5/h6-8,10,12-13,16H,9,11H2,1-5H3/t16-/m1/s1. The van der Waals surface area contributed by atoms with Crippen LogP contribution in [-0.2, 0) is 16.0 Å². The van der Waals surface area contributed by atoms with E-state index >= 15 is 0 Å². The van der Waals surface area contributed by atoms with E-state index in [9.17, 15) is 9.59 Å². The SMILES string of the molecule is COc1ccc(CCC(=O)O[C@H](C)C(=O)c2cc(C)ccc2C)cc1OC. The third-order valence-electron chi connectivity index (χ3n) is 4.40. The van der Waals surface area contributed by atoms with Crippen LogP contribution in [0, 0.1) is 13.8 Å². The second kappa shape index (κ2) is 9.21. The van der Waals surface area contributed by atoms with Gasteiger partial charge in [0.05, 0.1) is 14.2 Å². The van der Waals surface area contributed by atoms with Gasteiger partial charge in [-0.1, -0.05) is 23.8 Å². The van der Waals surface area contributed by atoms with Gasteiger partial charge in [0, 0.05) is 12.0 Å². The van der Waals surface area contributed by atoms with Crippen LogP contribution >= 0.6 is 0 Å². The van der Waals surface area contributed by atoms with Crippen LogP contribution in [0.4, 0.5) is 0 Å². The smallest absolute Gasteiger partial charge is 0.306 e. The maximum Gasteiger partial charge on any atom is 0.306 e. The fraction of sp³-hybridized carbons (Fsp3) is 0.364. The molecule has 5 nitrogen and oxygen atoms in total. The van der Waals surface area contributed by atoms with E-state index in [4.69, 9.17) is 14.2 Å². The first-order valence-electron chi connectivity index (χ1n) is 8.87. The van der Waals surface area contributed by atoms with Crippen LogP contribution in [0.25, 0.3) is 0 Å². The molecular weight excluding hydrogens is 344 g/mol. The Bertz CT molecular complexity index is 825. The Morgan fingerprint density at radius 3 is 2.33 bits per heavy atom. The predicted octanol–water partition coefficient (Wildman–Crippen LogP) is 4.07. The Hall–Kier alpha value is -2.82. The highest BCUT2D eigenvalue weighted by Crippen LogP contribution is 2.28. The fourth-order valence-electron chi connectivity index (χ4n) is 2.81. The lowest BCUT2D eigenvalue weighted by Gasteiger charge is -2.14. The number of Topliss-reactive ketones (excluding diaryl/α,β-unsaturated/α-hetero) is 1. The summed E-state index contributed by atoms with van der Waals surface area (Å²) in [4.78, 5) is 24.7. The number of rotatable bonds is 8. The number of hydrogen-bond acceptors (Lipinski definition) is 5. The highest BCUT2D eigenvalue weighted by molar-refractivity contribution is 6.01. The minimum atomic E-state index is -0.816.